The summed E-state index contributed by atoms with van der Waals surface area (Å²) in [6.45, 7) is 4.56. The highest BCUT2D eigenvalue weighted by Crippen LogP contribution is 2.20. The summed E-state index contributed by atoms with van der Waals surface area (Å²) >= 11 is 3.39. The zero-order chi connectivity index (χ0) is 21.8. The minimum absolute atomic E-state index is 0.190. The van der Waals surface area contributed by atoms with Gasteiger partial charge >= 0.3 is 0 Å². The molecule has 2 aromatic heterocycles. The van der Waals surface area contributed by atoms with Crippen LogP contribution in [0.1, 0.15) is 32.9 Å². The van der Waals surface area contributed by atoms with Gasteiger partial charge in [0.25, 0.3) is 5.91 Å². The molecular formula is C23H21BrN4O3. The van der Waals surface area contributed by atoms with Crippen molar-refractivity contribution in [1.29, 1.82) is 0 Å². The molecule has 4 rings (SSSR count). The summed E-state index contributed by atoms with van der Waals surface area (Å²) in [4.78, 5) is 12.9. The molecule has 0 spiro atoms. The second-order valence-corrected chi connectivity index (χ2v) is 8.09. The van der Waals surface area contributed by atoms with Crippen molar-refractivity contribution < 1.29 is 14.1 Å². The predicted octanol–water partition coefficient (Wildman–Crippen LogP) is 5.13. The topological polar surface area (TPSA) is 82.2 Å². The number of carbonyl (C=O) groups excluding carboxylic acids is 1. The summed E-state index contributed by atoms with van der Waals surface area (Å²) in [5.74, 6) is 0.920. The zero-order valence-corrected chi connectivity index (χ0v) is 18.7. The van der Waals surface area contributed by atoms with Gasteiger partial charge in [0, 0.05) is 11.9 Å². The van der Waals surface area contributed by atoms with Gasteiger partial charge in [0.15, 0.2) is 5.69 Å². The van der Waals surface area contributed by atoms with E-state index < -0.39 is 0 Å². The number of hydrogen-bond acceptors (Lipinski definition) is 5. The van der Waals surface area contributed by atoms with Gasteiger partial charge in [0.2, 0.25) is 0 Å². The third kappa shape index (κ3) is 5.21. The first-order chi connectivity index (χ1) is 15.0. The normalized spacial score (nSPS) is 10.8. The Hall–Kier alpha value is -3.39. The van der Waals surface area contributed by atoms with E-state index in [0.717, 1.165) is 21.3 Å². The first kappa shape index (κ1) is 20.9. The molecule has 8 heteroatoms. The molecule has 0 atom stereocenters. The van der Waals surface area contributed by atoms with Gasteiger partial charge in [-0.05, 0) is 59.6 Å². The lowest BCUT2D eigenvalue weighted by Crippen LogP contribution is -2.15. The van der Waals surface area contributed by atoms with E-state index in [1.165, 1.54) is 0 Å². The van der Waals surface area contributed by atoms with Crippen LogP contribution in [0.2, 0.25) is 0 Å². The molecule has 7 nitrogen and oxygen atoms in total. The molecule has 1 N–H and O–H groups in total. The third-order valence-corrected chi connectivity index (χ3v) is 5.14. The van der Waals surface area contributed by atoms with Gasteiger partial charge in [-0.15, -0.1) is 0 Å². The SMILES string of the molecule is Cc1ccc(OCc2c(C(=O)Nc3cccc(Cn4cc(Br)cn4)c3)noc2C)cc1. The van der Waals surface area contributed by atoms with Gasteiger partial charge in [0.05, 0.1) is 22.8 Å². The molecule has 0 saturated carbocycles. The van der Waals surface area contributed by atoms with E-state index in [4.69, 9.17) is 9.26 Å². The summed E-state index contributed by atoms with van der Waals surface area (Å²) < 4.78 is 13.8. The molecule has 31 heavy (non-hydrogen) atoms. The van der Waals surface area contributed by atoms with Crippen LogP contribution in [0, 0.1) is 13.8 Å². The number of benzene rings is 2. The fourth-order valence-corrected chi connectivity index (χ4v) is 3.41. The maximum absolute atomic E-state index is 12.9. The van der Waals surface area contributed by atoms with Crippen molar-refractivity contribution in [3.05, 3.63) is 93.5 Å². The molecule has 4 aromatic rings. The van der Waals surface area contributed by atoms with Crippen LogP contribution in [0.25, 0.3) is 0 Å². The number of rotatable bonds is 7. The molecule has 0 bridgehead atoms. The fourth-order valence-electron chi connectivity index (χ4n) is 3.08. The van der Waals surface area contributed by atoms with Crippen LogP contribution in [-0.4, -0.2) is 20.8 Å². The zero-order valence-electron chi connectivity index (χ0n) is 17.1. The number of halogens is 1. The molecule has 0 fully saturated rings. The van der Waals surface area contributed by atoms with Gasteiger partial charge in [-0.3, -0.25) is 9.48 Å². The average Bonchev–Trinajstić information content (AvgIpc) is 3.33. The van der Waals surface area contributed by atoms with E-state index in [1.807, 2.05) is 66.3 Å². The summed E-state index contributed by atoms with van der Waals surface area (Å²) in [6.07, 6.45) is 3.63. The number of hydrogen-bond donors (Lipinski definition) is 1. The number of carbonyl (C=O) groups is 1. The summed E-state index contributed by atoms with van der Waals surface area (Å²) in [5.41, 5.74) is 3.66. The van der Waals surface area contributed by atoms with Crippen LogP contribution in [0.4, 0.5) is 5.69 Å². The highest BCUT2D eigenvalue weighted by molar-refractivity contribution is 9.10. The molecule has 158 valence electrons. The Bertz CT molecular complexity index is 1200. The maximum atomic E-state index is 12.9. The molecule has 0 aliphatic rings. The fraction of sp³-hybridized carbons (Fsp3) is 0.174. The van der Waals surface area contributed by atoms with Crippen LogP contribution < -0.4 is 10.1 Å². The smallest absolute Gasteiger partial charge is 0.278 e. The van der Waals surface area contributed by atoms with E-state index in [-0.39, 0.29) is 18.2 Å². The number of ether oxygens (including phenoxy) is 1. The van der Waals surface area contributed by atoms with Crippen LogP contribution in [-0.2, 0) is 13.2 Å². The van der Waals surface area contributed by atoms with Crippen LogP contribution >= 0.6 is 15.9 Å². The Morgan fingerprint density at radius 1 is 1.19 bits per heavy atom. The van der Waals surface area contributed by atoms with E-state index in [2.05, 4.69) is 31.5 Å². The van der Waals surface area contributed by atoms with Crippen molar-refractivity contribution in [2.45, 2.75) is 27.0 Å². The van der Waals surface area contributed by atoms with Gasteiger partial charge < -0.3 is 14.6 Å². The molecule has 2 heterocycles. The molecule has 0 unspecified atom stereocenters. The molecule has 1 amide bonds. The van der Waals surface area contributed by atoms with Crippen molar-refractivity contribution in [3.8, 4) is 5.75 Å². The van der Waals surface area contributed by atoms with Crippen molar-refractivity contribution in [2.75, 3.05) is 5.32 Å². The van der Waals surface area contributed by atoms with Crippen LogP contribution in [0.5, 0.6) is 5.75 Å². The number of anilines is 1. The van der Waals surface area contributed by atoms with E-state index in [1.54, 1.807) is 13.1 Å². The maximum Gasteiger partial charge on any atom is 0.278 e. The molecule has 0 aliphatic carbocycles. The standard InChI is InChI=1S/C23H21BrN4O3/c1-15-6-8-20(9-7-15)30-14-21-16(2)31-27-22(21)23(29)26-19-5-3-4-17(10-19)12-28-13-18(24)11-25-28/h3-11,13H,12,14H2,1-2H3,(H,26,29). The number of nitrogens with one attached hydrogen (secondary N) is 1. The predicted molar refractivity (Wildman–Crippen MR) is 120 cm³/mol. The minimum Gasteiger partial charge on any atom is -0.489 e. The molecule has 0 radical (unpaired) electrons. The van der Waals surface area contributed by atoms with Crippen molar-refractivity contribution >= 4 is 27.5 Å². The van der Waals surface area contributed by atoms with Gasteiger partial charge in [-0.1, -0.05) is 35.0 Å². The number of aryl methyl sites for hydroxylation is 2. The number of nitrogens with zero attached hydrogens (tertiary/aromatic N) is 3. The molecular weight excluding hydrogens is 460 g/mol. The Morgan fingerprint density at radius 2 is 2.00 bits per heavy atom. The van der Waals surface area contributed by atoms with E-state index in [9.17, 15) is 4.79 Å². The van der Waals surface area contributed by atoms with Crippen molar-refractivity contribution in [3.63, 3.8) is 0 Å². The largest absolute Gasteiger partial charge is 0.489 e. The first-order valence-electron chi connectivity index (χ1n) is 9.71. The second-order valence-electron chi connectivity index (χ2n) is 7.18. The van der Waals surface area contributed by atoms with E-state index in [0.29, 0.717) is 23.6 Å². The minimum atomic E-state index is -0.349. The number of aromatic nitrogens is 3. The Morgan fingerprint density at radius 3 is 2.74 bits per heavy atom. The van der Waals surface area contributed by atoms with E-state index >= 15 is 0 Å². The Labute approximate surface area is 188 Å². The summed E-state index contributed by atoms with van der Waals surface area (Å²) in [7, 11) is 0. The summed E-state index contributed by atoms with van der Waals surface area (Å²) in [5, 5.41) is 11.1. The lowest BCUT2D eigenvalue weighted by molar-refractivity contribution is 0.101. The van der Waals surface area contributed by atoms with Gasteiger partial charge in [-0.2, -0.15) is 5.10 Å². The quantitative estimate of drug-likeness (QED) is 0.396. The van der Waals surface area contributed by atoms with Crippen molar-refractivity contribution in [2.24, 2.45) is 0 Å². The molecule has 0 saturated heterocycles. The number of amides is 1. The lowest BCUT2D eigenvalue weighted by atomic mass is 10.1. The second kappa shape index (κ2) is 9.18. The lowest BCUT2D eigenvalue weighted by Gasteiger charge is -2.09. The monoisotopic (exact) mass is 480 g/mol. The summed E-state index contributed by atoms with van der Waals surface area (Å²) in [6, 6.07) is 15.3. The molecule has 0 aliphatic heterocycles. The third-order valence-electron chi connectivity index (χ3n) is 4.74. The highest BCUT2D eigenvalue weighted by atomic mass is 79.9. The van der Waals surface area contributed by atoms with Crippen LogP contribution in [0.15, 0.2) is 69.9 Å². The molecule has 2 aromatic carbocycles. The van der Waals surface area contributed by atoms with Crippen molar-refractivity contribution in [1.82, 2.24) is 14.9 Å². The first-order valence-corrected chi connectivity index (χ1v) is 10.5. The van der Waals surface area contributed by atoms with Crippen LogP contribution in [0.3, 0.4) is 0 Å². The highest BCUT2D eigenvalue weighted by Gasteiger charge is 2.20. The Balaban J connectivity index is 1.45. The van der Waals surface area contributed by atoms with Gasteiger partial charge in [-0.25, -0.2) is 0 Å². The van der Waals surface area contributed by atoms with Gasteiger partial charge in [0.1, 0.15) is 18.1 Å². The average molecular weight is 481 g/mol. The Kier molecular flexibility index (Phi) is 6.18.